The van der Waals surface area contributed by atoms with Gasteiger partial charge in [-0.25, -0.2) is 4.79 Å². The number of rotatable bonds is 24. The van der Waals surface area contributed by atoms with Crippen molar-refractivity contribution in [1.82, 2.24) is 0 Å². The number of esters is 1. The van der Waals surface area contributed by atoms with E-state index in [9.17, 15) is 173 Å². The van der Waals surface area contributed by atoms with Crippen LogP contribution < -0.4 is 0 Å². The lowest BCUT2D eigenvalue weighted by Crippen LogP contribution is -2.80. The SMILES string of the molecule is CC(=O)OC(C(CO)C(F)(F)C(F)(F)C(F)(F)C(F)(F)C(F)(F)C(F)(F)C(F)(F)C(F)(F)C(F)(F)C(F)(F)C(F)(F)C(F)(F)C(F)(F)C(F)(F)C(F)(F)C(F)(F)C(F)(F)C(F)(F)F)C(O)[N+](C)(C)CC(=O)O. The van der Waals surface area contributed by atoms with Crippen molar-refractivity contribution in [2.45, 2.75) is 126 Å². The monoisotopic (exact) mass is 1170 g/mol. The Bertz CT molecular complexity index is 1970. The fourth-order valence-electron chi connectivity index (χ4n) is 5.19. The molecule has 0 fully saturated rings. The molecule has 3 N–H and O–H groups in total. The molecule has 430 valence electrons. The number of halogens is 37. The molecule has 0 spiro atoms. The third-order valence-corrected chi connectivity index (χ3v) is 9.60. The van der Waals surface area contributed by atoms with Gasteiger partial charge in [0.1, 0.15) is 0 Å². The average molecular weight is 1170 g/mol. The Balaban J connectivity index is 8.08. The second-order valence-electron chi connectivity index (χ2n) is 14.9. The fourth-order valence-corrected chi connectivity index (χ4v) is 5.19. The van der Waals surface area contributed by atoms with Crippen LogP contribution in [0.25, 0.3) is 0 Å². The van der Waals surface area contributed by atoms with Gasteiger partial charge in [-0.15, -0.1) is 0 Å². The number of carbonyl (C=O) groups excluding carboxylic acids is 1. The van der Waals surface area contributed by atoms with Gasteiger partial charge in [-0.1, -0.05) is 0 Å². The van der Waals surface area contributed by atoms with Crippen LogP contribution in [0.4, 0.5) is 162 Å². The number of alkyl halides is 37. The van der Waals surface area contributed by atoms with Crippen LogP contribution in [0.15, 0.2) is 0 Å². The Hall–Kier alpha value is -3.77. The van der Waals surface area contributed by atoms with Crippen molar-refractivity contribution in [3.63, 3.8) is 0 Å². The maximum Gasteiger partial charge on any atom is 0.460 e. The summed E-state index contributed by atoms with van der Waals surface area (Å²) in [4.78, 5) is 22.4. The van der Waals surface area contributed by atoms with Crippen LogP contribution in [0.1, 0.15) is 6.92 Å². The molecular formula is C28H19F37NO6+. The van der Waals surface area contributed by atoms with E-state index in [4.69, 9.17) is 5.11 Å². The van der Waals surface area contributed by atoms with Gasteiger partial charge in [0.05, 0.1) is 26.6 Å². The van der Waals surface area contributed by atoms with Gasteiger partial charge in [0.25, 0.3) is 0 Å². The molecule has 0 aliphatic rings. The van der Waals surface area contributed by atoms with E-state index in [1.54, 1.807) is 0 Å². The summed E-state index contributed by atoms with van der Waals surface area (Å²) in [6, 6.07) is 0. The molecule has 0 aromatic heterocycles. The van der Waals surface area contributed by atoms with Crippen molar-refractivity contribution < 1.29 is 197 Å². The van der Waals surface area contributed by atoms with Gasteiger partial charge in [-0.05, 0) is 0 Å². The highest BCUT2D eigenvalue weighted by Crippen LogP contribution is 2.71. The van der Waals surface area contributed by atoms with Crippen molar-refractivity contribution in [2.75, 3.05) is 27.2 Å². The van der Waals surface area contributed by atoms with E-state index < -0.39 is 155 Å². The van der Waals surface area contributed by atoms with E-state index in [-0.39, 0.29) is 21.0 Å². The molecule has 0 aliphatic heterocycles. The van der Waals surface area contributed by atoms with Crippen LogP contribution in [0.2, 0.25) is 0 Å². The van der Waals surface area contributed by atoms with E-state index in [1.165, 1.54) is 0 Å². The van der Waals surface area contributed by atoms with Gasteiger partial charge in [0.15, 0.2) is 12.6 Å². The van der Waals surface area contributed by atoms with Crippen LogP contribution in [-0.2, 0) is 14.3 Å². The summed E-state index contributed by atoms with van der Waals surface area (Å²) in [5.74, 6) is -178. The molecule has 0 rings (SSSR count). The van der Waals surface area contributed by atoms with Crippen molar-refractivity contribution in [1.29, 1.82) is 0 Å². The number of aliphatic carboxylic acids is 1. The van der Waals surface area contributed by atoms with Gasteiger partial charge in [-0.3, -0.25) is 9.28 Å². The predicted octanol–water partition coefficient (Wildman–Crippen LogP) is 10.4. The van der Waals surface area contributed by atoms with Crippen LogP contribution in [-0.4, -0.2) is 178 Å². The molecule has 3 atom stereocenters. The lowest BCUT2D eigenvalue weighted by Gasteiger charge is -2.47. The number of ether oxygens (including phenoxy) is 1. The maximum absolute atomic E-state index is 15.2. The Kier molecular flexibility index (Phi) is 17.0. The molecule has 44 heteroatoms. The van der Waals surface area contributed by atoms with E-state index in [0.29, 0.717) is 0 Å². The molecule has 0 aromatic carbocycles. The number of hydrogen-bond acceptors (Lipinski definition) is 5. The molecular weight excluding hydrogens is 1150 g/mol. The number of carboxylic acids is 1. The maximum atomic E-state index is 15.2. The van der Waals surface area contributed by atoms with E-state index in [0.717, 1.165) is 0 Å². The lowest BCUT2D eigenvalue weighted by atomic mass is 9.80. The number of carboxylic acid groups (broad SMARTS) is 1. The second kappa shape index (κ2) is 17.9. The Morgan fingerprint density at radius 1 is 0.403 bits per heavy atom. The standard InChI is InChI=1S/C28H18F37NO6/c1-6(68)72-9(10(71)66(2,3)4-8(69)70)7(5-67)11(29,30)12(31,32)13(33,34)14(35,36)15(37,38)16(39,40)17(41,42)18(43,44)19(45,46)20(47,48)21(49,50)22(51,52)23(53,54)24(55,56)25(57,58)26(59,60)27(61,62)28(63,64)65/h7,9-10,67,71H,4-5H2,1-3H3/p+1. The molecule has 0 aliphatic carbocycles. The van der Waals surface area contributed by atoms with Crippen LogP contribution in [0.5, 0.6) is 0 Å². The third-order valence-electron chi connectivity index (χ3n) is 9.60. The Morgan fingerprint density at radius 2 is 0.597 bits per heavy atom. The highest BCUT2D eigenvalue weighted by atomic mass is 19.4. The number of hydrogen-bond donors (Lipinski definition) is 3. The zero-order chi connectivity index (χ0) is 59.5. The molecule has 7 nitrogen and oxygen atoms in total. The fraction of sp³-hybridized carbons (Fsp3) is 0.929. The Morgan fingerprint density at radius 3 is 0.764 bits per heavy atom. The van der Waals surface area contributed by atoms with Gasteiger partial charge in [0.2, 0.25) is 6.23 Å². The number of aliphatic hydroxyl groups excluding tert-OH is 2. The minimum atomic E-state index is -10.6. The highest BCUT2D eigenvalue weighted by Gasteiger charge is 3.03. The molecule has 0 aromatic rings. The number of aliphatic hydroxyl groups is 2. The first-order chi connectivity index (χ1) is 30.6. The molecule has 3 unspecified atom stereocenters. The summed E-state index contributed by atoms with van der Waals surface area (Å²) >= 11 is 0. The number of likely N-dealkylation sites (N-methyl/N-ethyl adjacent to an activating group) is 1. The minimum Gasteiger partial charge on any atom is -0.477 e. The molecule has 0 amide bonds. The third kappa shape index (κ3) is 8.68. The zero-order valence-corrected chi connectivity index (χ0v) is 33.1. The summed E-state index contributed by atoms with van der Waals surface area (Å²) in [6.07, 6.45) is -16.1. The first kappa shape index (κ1) is 68.2. The first-order valence-electron chi connectivity index (χ1n) is 16.6. The van der Waals surface area contributed by atoms with Gasteiger partial charge < -0.3 is 20.1 Å². The highest BCUT2D eigenvalue weighted by molar-refractivity contribution is 5.68. The largest absolute Gasteiger partial charge is 0.477 e. The summed E-state index contributed by atoms with van der Waals surface area (Å²) < 4.78 is 520. The second-order valence-corrected chi connectivity index (χ2v) is 14.9. The quantitative estimate of drug-likeness (QED) is 0.0385. The summed E-state index contributed by atoms with van der Waals surface area (Å²) in [5.41, 5.74) is 0. The molecule has 0 saturated carbocycles. The zero-order valence-electron chi connectivity index (χ0n) is 33.1. The average Bonchev–Trinajstić information content (AvgIpc) is 3.14. The van der Waals surface area contributed by atoms with E-state index in [1.807, 2.05) is 0 Å². The van der Waals surface area contributed by atoms with Gasteiger partial charge >= 0.3 is 119 Å². The van der Waals surface area contributed by atoms with Crippen LogP contribution >= 0.6 is 0 Å². The van der Waals surface area contributed by atoms with E-state index in [2.05, 4.69) is 4.74 Å². The molecule has 0 saturated heterocycles. The molecule has 72 heavy (non-hydrogen) atoms. The first-order valence-corrected chi connectivity index (χ1v) is 16.6. The Labute approximate surface area is 369 Å². The van der Waals surface area contributed by atoms with Gasteiger partial charge in [0, 0.05) is 6.92 Å². The van der Waals surface area contributed by atoms with Gasteiger partial charge in [-0.2, -0.15) is 162 Å². The number of nitrogens with zero attached hydrogens (tertiary/aromatic N) is 1. The molecule has 0 heterocycles. The number of carbonyl (C=O) groups is 2. The molecule has 0 bridgehead atoms. The van der Waals surface area contributed by atoms with Crippen molar-refractivity contribution in [3.8, 4) is 0 Å². The normalized spacial score (nSPS) is 17.7. The predicted molar refractivity (Wildman–Crippen MR) is 147 cm³/mol. The summed E-state index contributed by atoms with van der Waals surface area (Å²) in [5, 5.41) is 28.4. The van der Waals surface area contributed by atoms with Crippen LogP contribution in [0.3, 0.4) is 0 Å². The van der Waals surface area contributed by atoms with Crippen molar-refractivity contribution in [2.24, 2.45) is 5.92 Å². The van der Waals surface area contributed by atoms with Crippen molar-refractivity contribution in [3.05, 3.63) is 0 Å². The smallest absolute Gasteiger partial charge is 0.460 e. The van der Waals surface area contributed by atoms with Crippen LogP contribution in [0, 0.1) is 5.92 Å². The van der Waals surface area contributed by atoms with E-state index >= 15 is 8.78 Å². The topological polar surface area (TPSA) is 104 Å². The molecule has 0 radical (unpaired) electrons. The summed E-state index contributed by atoms with van der Waals surface area (Å²) in [7, 11) is 0.508. The lowest BCUT2D eigenvalue weighted by molar-refractivity contribution is -0.934. The number of quaternary nitrogens is 1. The van der Waals surface area contributed by atoms with Crippen molar-refractivity contribution >= 4 is 11.9 Å². The summed E-state index contributed by atoms with van der Waals surface area (Å²) in [6.45, 7) is -5.05. The minimum absolute atomic E-state index is 0.0637.